The molecular weight excluding hydrogens is 435 g/mol. The van der Waals surface area contributed by atoms with E-state index in [9.17, 15) is 0 Å². The van der Waals surface area contributed by atoms with Crippen LogP contribution in [0.1, 0.15) is 36.6 Å². The number of halogens is 1. The van der Waals surface area contributed by atoms with Gasteiger partial charge in [0.2, 0.25) is 0 Å². The van der Waals surface area contributed by atoms with Crippen molar-refractivity contribution in [2.24, 2.45) is 10.7 Å². The van der Waals surface area contributed by atoms with Gasteiger partial charge in [-0.15, -0.1) is 35.3 Å². The smallest absolute Gasteiger partial charge is 0.191 e. The van der Waals surface area contributed by atoms with Crippen LogP contribution in [-0.4, -0.2) is 61.7 Å². The molecule has 0 bridgehead atoms. The van der Waals surface area contributed by atoms with E-state index >= 15 is 0 Å². The van der Waals surface area contributed by atoms with E-state index in [0.29, 0.717) is 6.04 Å². The van der Waals surface area contributed by atoms with Gasteiger partial charge in [-0.2, -0.15) is 0 Å². The molecule has 5 nitrogen and oxygen atoms in total. The summed E-state index contributed by atoms with van der Waals surface area (Å²) >= 11 is 1.81. The fourth-order valence-electron chi connectivity index (χ4n) is 3.34. The molecule has 3 rings (SSSR count). The molecule has 0 spiro atoms. The molecule has 2 aliphatic heterocycles. The molecule has 0 amide bonds. The lowest BCUT2D eigenvalue weighted by Gasteiger charge is -2.33. The third-order valence-electron chi connectivity index (χ3n) is 4.71. The van der Waals surface area contributed by atoms with E-state index in [1.807, 2.05) is 11.3 Å². The first-order valence-corrected chi connectivity index (χ1v) is 9.62. The first kappa shape index (κ1) is 19.9. The molecule has 0 radical (unpaired) electrons. The summed E-state index contributed by atoms with van der Waals surface area (Å²) in [5.74, 6) is 0.724. The number of nitrogens with two attached hydrogens (primary N) is 1. The van der Waals surface area contributed by atoms with Gasteiger partial charge in [0.05, 0.1) is 25.8 Å². The van der Waals surface area contributed by atoms with Crippen LogP contribution in [0.2, 0.25) is 0 Å². The van der Waals surface area contributed by atoms with Crippen molar-refractivity contribution in [3.8, 4) is 0 Å². The summed E-state index contributed by atoms with van der Waals surface area (Å²) < 4.78 is 5.49. The molecule has 3 heterocycles. The summed E-state index contributed by atoms with van der Waals surface area (Å²) in [6, 6.07) is 4.65. The van der Waals surface area contributed by atoms with E-state index in [1.165, 1.54) is 30.6 Å². The number of hydrogen-bond donors (Lipinski definition) is 1. The highest BCUT2D eigenvalue weighted by atomic mass is 127. The lowest BCUT2D eigenvalue weighted by Crippen LogP contribution is -2.41. The minimum absolute atomic E-state index is 0. The number of rotatable bonds is 4. The summed E-state index contributed by atoms with van der Waals surface area (Å²) in [4.78, 5) is 10.9. The average Bonchev–Trinajstić information content (AvgIpc) is 2.97. The van der Waals surface area contributed by atoms with Crippen molar-refractivity contribution >= 4 is 41.3 Å². The molecular formula is C17H29IN4OS. The molecule has 136 valence electrons. The van der Waals surface area contributed by atoms with Gasteiger partial charge in [-0.05, 0) is 24.3 Å². The summed E-state index contributed by atoms with van der Waals surface area (Å²) in [5, 5.41) is 2.14. The van der Waals surface area contributed by atoms with Crippen LogP contribution in [0, 0.1) is 0 Å². The predicted octanol–water partition coefficient (Wildman–Crippen LogP) is 2.93. The maximum Gasteiger partial charge on any atom is 0.191 e. The van der Waals surface area contributed by atoms with Gasteiger partial charge in [0.15, 0.2) is 5.96 Å². The molecule has 1 atom stereocenters. The Labute approximate surface area is 166 Å². The first-order valence-electron chi connectivity index (χ1n) is 8.74. The molecule has 24 heavy (non-hydrogen) atoms. The molecule has 0 saturated carbocycles. The number of aliphatic imine (C=N–C) groups is 1. The van der Waals surface area contributed by atoms with E-state index in [-0.39, 0.29) is 24.0 Å². The van der Waals surface area contributed by atoms with E-state index in [2.05, 4.69) is 27.3 Å². The van der Waals surface area contributed by atoms with Crippen LogP contribution in [0.3, 0.4) is 0 Å². The quantitative estimate of drug-likeness (QED) is 0.423. The Hall–Kier alpha value is -0.380. The van der Waals surface area contributed by atoms with Gasteiger partial charge in [0.1, 0.15) is 0 Å². The Morgan fingerprint density at radius 1 is 1.17 bits per heavy atom. The average molecular weight is 464 g/mol. The lowest BCUT2D eigenvalue weighted by molar-refractivity contribution is 0.0186. The van der Waals surface area contributed by atoms with Gasteiger partial charge < -0.3 is 15.4 Å². The minimum Gasteiger partial charge on any atom is -0.379 e. The maximum absolute atomic E-state index is 6.29. The van der Waals surface area contributed by atoms with Crippen molar-refractivity contribution in [1.82, 2.24) is 9.80 Å². The molecule has 1 aromatic rings. The summed E-state index contributed by atoms with van der Waals surface area (Å²) in [5.41, 5.74) is 6.29. The Morgan fingerprint density at radius 3 is 2.50 bits per heavy atom. The molecule has 2 aliphatic rings. The number of morpholine rings is 1. The van der Waals surface area contributed by atoms with Crippen LogP contribution in [-0.2, 0) is 4.74 Å². The number of likely N-dealkylation sites (tertiary alicyclic amines) is 1. The normalized spacial score (nSPS) is 21.8. The molecule has 0 aromatic carbocycles. The number of thiophene rings is 1. The number of ether oxygens (including phenoxy) is 1. The maximum atomic E-state index is 6.29. The molecule has 0 aliphatic carbocycles. The van der Waals surface area contributed by atoms with E-state index in [0.717, 1.165) is 51.9 Å². The van der Waals surface area contributed by atoms with Gasteiger partial charge in [-0.3, -0.25) is 9.89 Å². The van der Waals surface area contributed by atoms with Gasteiger partial charge in [0.25, 0.3) is 0 Å². The summed E-state index contributed by atoms with van der Waals surface area (Å²) in [6.07, 6.45) is 5.09. The van der Waals surface area contributed by atoms with Crippen LogP contribution >= 0.6 is 35.3 Å². The Kier molecular flexibility index (Phi) is 8.79. The van der Waals surface area contributed by atoms with Crippen molar-refractivity contribution in [2.45, 2.75) is 31.7 Å². The SMILES string of the molecule is I.NC(=NCC(c1cccs1)N1CCOCC1)N1CCCCCC1. The predicted molar refractivity (Wildman–Crippen MR) is 111 cm³/mol. The van der Waals surface area contributed by atoms with Crippen LogP contribution in [0.5, 0.6) is 0 Å². The molecule has 1 aromatic heterocycles. The minimum atomic E-state index is 0. The van der Waals surface area contributed by atoms with Crippen molar-refractivity contribution in [1.29, 1.82) is 0 Å². The zero-order valence-corrected chi connectivity index (χ0v) is 17.4. The third-order valence-corrected chi connectivity index (χ3v) is 5.69. The highest BCUT2D eigenvalue weighted by Gasteiger charge is 2.23. The molecule has 7 heteroatoms. The van der Waals surface area contributed by atoms with Crippen molar-refractivity contribution in [2.75, 3.05) is 45.9 Å². The second-order valence-electron chi connectivity index (χ2n) is 6.28. The zero-order valence-electron chi connectivity index (χ0n) is 14.2. The summed E-state index contributed by atoms with van der Waals surface area (Å²) in [7, 11) is 0. The van der Waals surface area contributed by atoms with Gasteiger partial charge >= 0.3 is 0 Å². The topological polar surface area (TPSA) is 54.1 Å². The lowest BCUT2D eigenvalue weighted by atomic mass is 10.2. The number of hydrogen-bond acceptors (Lipinski definition) is 4. The van der Waals surface area contributed by atoms with Crippen LogP contribution in [0.25, 0.3) is 0 Å². The van der Waals surface area contributed by atoms with Crippen LogP contribution < -0.4 is 5.73 Å². The van der Waals surface area contributed by atoms with Crippen molar-refractivity contribution in [3.63, 3.8) is 0 Å². The monoisotopic (exact) mass is 464 g/mol. The second-order valence-corrected chi connectivity index (χ2v) is 7.26. The number of guanidine groups is 1. The highest BCUT2D eigenvalue weighted by Crippen LogP contribution is 2.26. The Bertz CT molecular complexity index is 483. The fraction of sp³-hybridized carbons (Fsp3) is 0.706. The largest absolute Gasteiger partial charge is 0.379 e. The highest BCUT2D eigenvalue weighted by molar-refractivity contribution is 14.0. The molecule has 1 unspecified atom stereocenters. The van der Waals surface area contributed by atoms with Gasteiger partial charge in [0, 0.05) is 31.1 Å². The standard InChI is InChI=1S/C17H28N4OS.HI/c18-17(21-7-3-1-2-4-8-21)19-14-15(16-6-5-13-23-16)20-9-11-22-12-10-20;/h5-6,13,15H,1-4,7-12,14H2,(H2,18,19);1H. The second kappa shape index (κ2) is 10.6. The van der Waals surface area contributed by atoms with Crippen LogP contribution in [0.4, 0.5) is 0 Å². The van der Waals surface area contributed by atoms with Crippen LogP contribution in [0.15, 0.2) is 22.5 Å². The van der Waals surface area contributed by atoms with Crippen molar-refractivity contribution < 1.29 is 4.74 Å². The number of nitrogens with zero attached hydrogens (tertiary/aromatic N) is 3. The van der Waals surface area contributed by atoms with Gasteiger partial charge in [-0.1, -0.05) is 18.9 Å². The molecule has 2 N–H and O–H groups in total. The van der Waals surface area contributed by atoms with E-state index < -0.39 is 0 Å². The Balaban J connectivity index is 0.00000208. The van der Waals surface area contributed by atoms with E-state index in [4.69, 9.17) is 15.5 Å². The molecule has 2 fully saturated rings. The third kappa shape index (κ3) is 5.57. The first-order chi connectivity index (χ1) is 11.3. The van der Waals surface area contributed by atoms with E-state index in [1.54, 1.807) is 0 Å². The van der Waals surface area contributed by atoms with Crippen molar-refractivity contribution in [3.05, 3.63) is 22.4 Å². The summed E-state index contributed by atoms with van der Waals surface area (Å²) in [6.45, 7) is 6.42. The zero-order chi connectivity index (χ0) is 15.9. The Morgan fingerprint density at radius 2 is 1.88 bits per heavy atom. The van der Waals surface area contributed by atoms with Gasteiger partial charge in [-0.25, -0.2) is 0 Å². The fourth-order valence-corrected chi connectivity index (χ4v) is 4.19. The molecule has 2 saturated heterocycles.